The van der Waals surface area contributed by atoms with Crippen LogP contribution in [0.2, 0.25) is 0 Å². The Bertz CT molecular complexity index is 243. The number of unbranched alkanes of at least 4 members (excludes halogenated alkanes) is 1. The molecule has 0 radical (unpaired) electrons. The zero-order valence-electron chi connectivity index (χ0n) is 10.1. The molecule has 0 aromatic carbocycles. The molecule has 3 nitrogen and oxygen atoms in total. The fraction of sp³-hybridized carbons (Fsp3) is 0.692. The number of ether oxygens (including phenoxy) is 1. The highest BCUT2D eigenvalue weighted by atomic mass is 16.5. The summed E-state index contributed by atoms with van der Waals surface area (Å²) in [6, 6.07) is 2.13. The molecule has 0 fully saturated rings. The number of nitrogens with zero attached hydrogens (tertiary/aromatic N) is 1. The van der Waals surface area contributed by atoms with Crippen molar-refractivity contribution in [3.8, 4) is 6.07 Å². The van der Waals surface area contributed by atoms with Crippen molar-refractivity contribution >= 4 is 5.97 Å². The van der Waals surface area contributed by atoms with Gasteiger partial charge in [-0.25, -0.2) is 0 Å². The van der Waals surface area contributed by atoms with Crippen LogP contribution in [-0.4, -0.2) is 12.6 Å². The molecule has 0 N–H and O–H groups in total. The van der Waals surface area contributed by atoms with Crippen molar-refractivity contribution < 1.29 is 9.53 Å². The van der Waals surface area contributed by atoms with E-state index in [1.165, 1.54) is 0 Å². The van der Waals surface area contributed by atoms with Crippen LogP contribution >= 0.6 is 0 Å². The average molecular weight is 223 g/mol. The van der Waals surface area contributed by atoms with Crippen LogP contribution in [0.1, 0.15) is 45.4 Å². The van der Waals surface area contributed by atoms with Crippen molar-refractivity contribution in [1.29, 1.82) is 5.26 Å². The molecule has 1 unspecified atom stereocenters. The van der Waals surface area contributed by atoms with Crippen LogP contribution in [0, 0.1) is 17.2 Å². The molecule has 0 aliphatic heterocycles. The van der Waals surface area contributed by atoms with Gasteiger partial charge in [0.25, 0.3) is 0 Å². The Balaban J connectivity index is 3.79. The van der Waals surface area contributed by atoms with Crippen molar-refractivity contribution in [2.24, 2.45) is 5.92 Å². The number of carbonyl (C=O) groups excluding carboxylic acids is 1. The summed E-state index contributed by atoms with van der Waals surface area (Å²) in [5.41, 5.74) is 0. The lowest BCUT2D eigenvalue weighted by atomic mass is 9.93. The first-order valence-corrected chi connectivity index (χ1v) is 5.88. The zero-order chi connectivity index (χ0) is 12.2. The highest BCUT2D eigenvalue weighted by Gasteiger charge is 2.10. The first-order chi connectivity index (χ1) is 7.74. The summed E-state index contributed by atoms with van der Waals surface area (Å²) in [6.07, 6.45) is 6.56. The van der Waals surface area contributed by atoms with Crippen LogP contribution < -0.4 is 0 Å². The summed E-state index contributed by atoms with van der Waals surface area (Å²) in [4.78, 5) is 11.2. The maximum absolute atomic E-state index is 11.2. The van der Waals surface area contributed by atoms with E-state index in [1.54, 1.807) is 0 Å². The molecule has 16 heavy (non-hydrogen) atoms. The van der Waals surface area contributed by atoms with Gasteiger partial charge in [0, 0.05) is 12.8 Å². The monoisotopic (exact) mass is 223 g/mol. The van der Waals surface area contributed by atoms with Gasteiger partial charge in [-0.3, -0.25) is 4.79 Å². The number of esters is 1. The lowest BCUT2D eigenvalue weighted by molar-refractivity contribution is -0.143. The van der Waals surface area contributed by atoms with Gasteiger partial charge in [-0.2, -0.15) is 5.26 Å². The zero-order valence-corrected chi connectivity index (χ0v) is 10.1. The molecule has 0 aromatic rings. The van der Waals surface area contributed by atoms with Gasteiger partial charge in [-0.05, 0) is 38.5 Å². The lowest BCUT2D eigenvalue weighted by Crippen LogP contribution is -2.08. The molecule has 0 rings (SSSR count). The molecule has 3 heteroatoms. The molecule has 0 spiro atoms. The number of hydrogen-bond acceptors (Lipinski definition) is 3. The normalized spacial score (nSPS) is 11.5. The molecular weight excluding hydrogens is 202 g/mol. The molecule has 0 aliphatic carbocycles. The van der Waals surface area contributed by atoms with Crippen LogP contribution in [0.5, 0.6) is 0 Å². The smallest absolute Gasteiger partial charge is 0.305 e. The second-order valence-corrected chi connectivity index (χ2v) is 3.78. The minimum atomic E-state index is -0.128. The fourth-order valence-electron chi connectivity index (χ4n) is 1.64. The predicted molar refractivity (Wildman–Crippen MR) is 63.6 cm³/mol. The Hall–Kier alpha value is -1.30. The van der Waals surface area contributed by atoms with Gasteiger partial charge in [0.05, 0.1) is 12.7 Å². The number of carbonyl (C=O) groups is 1. The Morgan fingerprint density at radius 3 is 2.88 bits per heavy atom. The van der Waals surface area contributed by atoms with E-state index in [-0.39, 0.29) is 5.97 Å². The largest absolute Gasteiger partial charge is 0.466 e. The molecule has 0 aromatic heterocycles. The van der Waals surface area contributed by atoms with Gasteiger partial charge in [-0.15, -0.1) is 6.58 Å². The Morgan fingerprint density at radius 2 is 2.31 bits per heavy atom. The maximum atomic E-state index is 11.2. The first-order valence-electron chi connectivity index (χ1n) is 5.88. The Labute approximate surface area is 98.1 Å². The van der Waals surface area contributed by atoms with Gasteiger partial charge in [-0.1, -0.05) is 6.08 Å². The molecule has 0 heterocycles. The number of rotatable bonds is 9. The van der Waals surface area contributed by atoms with E-state index in [0.29, 0.717) is 25.4 Å². The van der Waals surface area contributed by atoms with Gasteiger partial charge >= 0.3 is 5.97 Å². The Kier molecular flexibility index (Phi) is 9.39. The fourth-order valence-corrected chi connectivity index (χ4v) is 1.64. The van der Waals surface area contributed by atoms with Crippen LogP contribution in [0.3, 0.4) is 0 Å². The van der Waals surface area contributed by atoms with E-state index in [9.17, 15) is 4.79 Å². The van der Waals surface area contributed by atoms with Gasteiger partial charge < -0.3 is 4.74 Å². The summed E-state index contributed by atoms with van der Waals surface area (Å²) in [7, 11) is 0. The summed E-state index contributed by atoms with van der Waals surface area (Å²) in [6.45, 7) is 5.97. The number of hydrogen-bond donors (Lipinski definition) is 0. The summed E-state index contributed by atoms with van der Waals surface area (Å²) >= 11 is 0. The van der Waals surface area contributed by atoms with Gasteiger partial charge in [0.15, 0.2) is 0 Å². The Morgan fingerprint density at radius 1 is 1.56 bits per heavy atom. The van der Waals surface area contributed by atoms with E-state index in [2.05, 4.69) is 12.6 Å². The van der Waals surface area contributed by atoms with Gasteiger partial charge in [0.2, 0.25) is 0 Å². The van der Waals surface area contributed by atoms with E-state index in [0.717, 1.165) is 25.7 Å². The van der Waals surface area contributed by atoms with Crippen molar-refractivity contribution in [3.05, 3.63) is 12.7 Å². The lowest BCUT2D eigenvalue weighted by Gasteiger charge is -2.13. The molecule has 0 bridgehead atoms. The molecule has 0 saturated carbocycles. The molecule has 90 valence electrons. The van der Waals surface area contributed by atoms with Crippen LogP contribution in [-0.2, 0) is 9.53 Å². The number of nitriles is 1. The minimum absolute atomic E-state index is 0.128. The highest BCUT2D eigenvalue weighted by molar-refractivity contribution is 5.69. The quantitative estimate of drug-likeness (QED) is 0.342. The first kappa shape index (κ1) is 14.7. The SMILES string of the molecule is C=CCC(CCCC#N)CCC(=O)OCC. The van der Waals surface area contributed by atoms with E-state index in [4.69, 9.17) is 10.00 Å². The maximum Gasteiger partial charge on any atom is 0.305 e. The van der Waals surface area contributed by atoms with Crippen molar-refractivity contribution in [2.75, 3.05) is 6.61 Å². The molecule has 0 amide bonds. The highest BCUT2D eigenvalue weighted by Crippen LogP contribution is 2.19. The van der Waals surface area contributed by atoms with Crippen molar-refractivity contribution in [1.82, 2.24) is 0 Å². The average Bonchev–Trinajstić information content (AvgIpc) is 2.26. The second-order valence-electron chi connectivity index (χ2n) is 3.78. The third-order valence-electron chi connectivity index (χ3n) is 2.46. The van der Waals surface area contributed by atoms with Crippen LogP contribution in [0.15, 0.2) is 12.7 Å². The topological polar surface area (TPSA) is 50.1 Å². The van der Waals surface area contributed by atoms with Gasteiger partial charge in [0.1, 0.15) is 0 Å². The molecular formula is C13H21NO2. The third-order valence-corrected chi connectivity index (χ3v) is 2.46. The third kappa shape index (κ3) is 8.05. The predicted octanol–water partition coefficient (Wildman–Crippen LogP) is 3.22. The van der Waals surface area contributed by atoms with Crippen molar-refractivity contribution in [2.45, 2.75) is 45.4 Å². The standard InChI is InChI=1S/C13H21NO2/c1-3-7-12(8-5-6-11-14)9-10-13(15)16-4-2/h3,12H,1,4-10H2,2H3. The molecule has 1 atom stereocenters. The summed E-state index contributed by atoms with van der Waals surface area (Å²) in [5, 5.41) is 8.45. The summed E-state index contributed by atoms with van der Waals surface area (Å²) < 4.78 is 4.88. The van der Waals surface area contributed by atoms with E-state index < -0.39 is 0 Å². The number of allylic oxidation sites excluding steroid dienone is 1. The van der Waals surface area contributed by atoms with Crippen LogP contribution in [0.4, 0.5) is 0 Å². The van der Waals surface area contributed by atoms with E-state index in [1.807, 2.05) is 13.0 Å². The molecule has 0 aliphatic rings. The second kappa shape index (κ2) is 10.2. The van der Waals surface area contributed by atoms with E-state index >= 15 is 0 Å². The minimum Gasteiger partial charge on any atom is -0.466 e. The molecule has 0 saturated heterocycles. The summed E-state index contributed by atoms with van der Waals surface area (Å²) in [5.74, 6) is 0.326. The van der Waals surface area contributed by atoms with Crippen LogP contribution in [0.25, 0.3) is 0 Å². The van der Waals surface area contributed by atoms with Crippen molar-refractivity contribution in [3.63, 3.8) is 0 Å².